The van der Waals surface area contributed by atoms with E-state index >= 15 is 0 Å². The fraction of sp³-hybridized carbons (Fsp3) is 0.632. The molecule has 142 valence electrons. The first-order chi connectivity index (χ1) is 12.5. The second-order valence-corrected chi connectivity index (χ2v) is 7.70. The van der Waals surface area contributed by atoms with Crippen LogP contribution >= 0.6 is 0 Å². The van der Waals surface area contributed by atoms with E-state index in [0.29, 0.717) is 37.4 Å². The molecule has 1 aromatic rings. The van der Waals surface area contributed by atoms with E-state index in [0.717, 1.165) is 24.0 Å². The van der Waals surface area contributed by atoms with Crippen LogP contribution in [0.1, 0.15) is 61.1 Å². The Morgan fingerprint density at radius 2 is 2.00 bits per heavy atom. The molecule has 0 bridgehead atoms. The fourth-order valence-corrected chi connectivity index (χ4v) is 4.48. The van der Waals surface area contributed by atoms with Crippen molar-refractivity contribution in [1.82, 2.24) is 5.32 Å². The lowest BCUT2D eigenvalue weighted by molar-refractivity contribution is -0.139. The molecule has 0 amide bonds. The van der Waals surface area contributed by atoms with E-state index in [-0.39, 0.29) is 18.1 Å². The number of carboxylic acids is 1. The Morgan fingerprint density at radius 3 is 2.65 bits per heavy atom. The van der Waals surface area contributed by atoms with Crippen LogP contribution in [0.3, 0.4) is 0 Å². The predicted molar refractivity (Wildman–Crippen MR) is 97.3 cm³/mol. The average Bonchev–Trinajstić information content (AvgIpc) is 3.19. The van der Waals surface area contributed by atoms with Crippen molar-refractivity contribution in [2.45, 2.75) is 69.8 Å². The molecule has 1 aromatic carbocycles. The van der Waals surface area contributed by atoms with E-state index in [1.54, 1.807) is 6.07 Å². The van der Waals surface area contributed by atoms with Gasteiger partial charge in [-0.25, -0.2) is 4.39 Å². The van der Waals surface area contributed by atoms with Gasteiger partial charge in [-0.05, 0) is 55.1 Å². The van der Waals surface area contributed by atoms with Crippen LogP contribution in [0.5, 0.6) is 0 Å². The van der Waals surface area contributed by atoms with Gasteiger partial charge in [0.1, 0.15) is 5.82 Å². The SMILES string of the molecule is O=C(O)[C@@H]1c2cc(CNC3CCCC3)c(F)cc2C[C@@H]1CCCB(O)O. The smallest absolute Gasteiger partial charge is 0.451 e. The van der Waals surface area contributed by atoms with Gasteiger partial charge in [-0.15, -0.1) is 0 Å². The maximum absolute atomic E-state index is 14.5. The summed E-state index contributed by atoms with van der Waals surface area (Å²) < 4.78 is 14.5. The van der Waals surface area contributed by atoms with Gasteiger partial charge in [-0.3, -0.25) is 4.79 Å². The summed E-state index contributed by atoms with van der Waals surface area (Å²) in [4.78, 5) is 11.8. The maximum Gasteiger partial charge on any atom is 0.451 e. The molecule has 0 heterocycles. The first-order valence-electron chi connectivity index (χ1n) is 9.59. The van der Waals surface area contributed by atoms with Crippen molar-refractivity contribution in [3.05, 3.63) is 34.6 Å². The molecular formula is C19H27BFNO4. The van der Waals surface area contributed by atoms with Crippen molar-refractivity contribution >= 4 is 13.1 Å². The number of hydrogen-bond acceptors (Lipinski definition) is 4. The molecule has 2 aliphatic rings. The van der Waals surface area contributed by atoms with Crippen LogP contribution in [0.4, 0.5) is 4.39 Å². The lowest BCUT2D eigenvalue weighted by Crippen LogP contribution is -2.26. The standard InChI is InChI=1S/C19H27BFNO4/c21-17-10-13-8-12(4-3-7-20(25)26)18(19(23)24)16(13)9-14(17)11-22-15-5-1-2-6-15/h9-10,12,15,18,22,25-26H,1-8,11H2,(H,23,24)/t12-,18-/m0/s1. The summed E-state index contributed by atoms with van der Waals surface area (Å²) in [5, 5.41) is 31.0. The molecule has 0 saturated heterocycles. The van der Waals surface area contributed by atoms with Gasteiger partial charge in [0, 0.05) is 18.2 Å². The number of benzene rings is 1. The molecule has 0 unspecified atom stereocenters. The summed E-state index contributed by atoms with van der Waals surface area (Å²) in [6.07, 6.45) is 6.52. The molecule has 2 atom stereocenters. The van der Waals surface area contributed by atoms with Crippen molar-refractivity contribution in [2.24, 2.45) is 5.92 Å². The minimum absolute atomic E-state index is 0.126. The molecule has 5 nitrogen and oxygen atoms in total. The van der Waals surface area contributed by atoms with E-state index in [4.69, 9.17) is 10.0 Å². The zero-order chi connectivity index (χ0) is 18.7. The lowest BCUT2D eigenvalue weighted by Gasteiger charge is -2.17. The molecule has 1 fully saturated rings. The van der Waals surface area contributed by atoms with Gasteiger partial charge in [0.25, 0.3) is 0 Å². The lowest BCUT2D eigenvalue weighted by atomic mass is 9.80. The topological polar surface area (TPSA) is 89.8 Å². The fourth-order valence-electron chi connectivity index (χ4n) is 4.48. The van der Waals surface area contributed by atoms with E-state index in [9.17, 15) is 14.3 Å². The highest BCUT2D eigenvalue weighted by atomic mass is 19.1. The third-order valence-corrected chi connectivity index (χ3v) is 5.84. The van der Waals surface area contributed by atoms with Crippen LogP contribution in [0.2, 0.25) is 6.32 Å². The Balaban J connectivity index is 1.72. The summed E-state index contributed by atoms with van der Waals surface area (Å²) in [7, 11) is -1.37. The summed E-state index contributed by atoms with van der Waals surface area (Å²) in [6, 6.07) is 3.65. The predicted octanol–water partition coefficient (Wildman–Crippen LogP) is 2.45. The highest BCUT2D eigenvalue weighted by molar-refractivity contribution is 6.40. The zero-order valence-electron chi connectivity index (χ0n) is 15.0. The van der Waals surface area contributed by atoms with Crippen molar-refractivity contribution in [3.63, 3.8) is 0 Å². The molecule has 1 saturated carbocycles. The molecule has 0 radical (unpaired) electrons. The summed E-state index contributed by atoms with van der Waals surface area (Å²) in [6.45, 7) is 0.428. The summed E-state index contributed by atoms with van der Waals surface area (Å²) in [5.41, 5.74) is 2.03. The molecule has 2 aliphatic carbocycles. The first-order valence-corrected chi connectivity index (χ1v) is 9.59. The maximum atomic E-state index is 14.5. The Labute approximate surface area is 153 Å². The van der Waals surface area contributed by atoms with Crippen LogP contribution < -0.4 is 5.32 Å². The van der Waals surface area contributed by atoms with E-state index < -0.39 is 19.0 Å². The van der Waals surface area contributed by atoms with Gasteiger partial charge < -0.3 is 20.5 Å². The van der Waals surface area contributed by atoms with Gasteiger partial charge in [0.2, 0.25) is 0 Å². The second kappa shape index (κ2) is 8.50. The third kappa shape index (κ3) is 4.45. The Hall–Kier alpha value is -1.44. The van der Waals surface area contributed by atoms with Gasteiger partial charge >= 0.3 is 13.1 Å². The van der Waals surface area contributed by atoms with E-state index in [1.807, 2.05) is 0 Å². The Bertz CT molecular complexity index is 649. The molecule has 3 rings (SSSR count). The largest absolute Gasteiger partial charge is 0.481 e. The number of nitrogens with one attached hydrogen (secondary N) is 1. The monoisotopic (exact) mass is 363 g/mol. The minimum Gasteiger partial charge on any atom is -0.481 e. The minimum atomic E-state index is -1.37. The van der Waals surface area contributed by atoms with Gasteiger partial charge in [0.15, 0.2) is 0 Å². The normalized spacial score (nSPS) is 22.6. The third-order valence-electron chi connectivity index (χ3n) is 5.84. The van der Waals surface area contributed by atoms with Gasteiger partial charge in [-0.2, -0.15) is 0 Å². The molecule has 0 aliphatic heterocycles. The zero-order valence-corrected chi connectivity index (χ0v) is 15.0. The Morgan fingerprint density at radius 1 is 1.27 bits per heavy atom. The molecule has 26 heavy (non-hydrogen) atoms. The highest BCUT2D eigenvalue weighted by Crippen LogP contribution is 2.42. The van der Waals surface area contributed by atoms with Crippen molar-refractivity contribution < 1.29 is 24.3 Å². The number of aliphatic carboxylic acids is 1. The van der Waals surface area contributed by atoms with Crippen molar-refractivity contribution in [2.75, 3.05) is 0 Å². The van der Waals surface area contributed by atoms with Crippen LogP contribution in [0.25, 0.3) is 0 Å². The highest BCUT2D eigenvalue weighted by Gasteiger charge is 2.38. The molecule has 4 N–H and O–H groups in total. The number of fused-ring (bicyclic) bond motifs is 1. The average molecular weight is 363 g/mol. The van der Waals surface area contributed by atoms with Gasteiger partial charge in [-0.1, -0.05) is 25.3 Å². The molecule has 0 spiro atoms. The molecule has 0 aromatic heterocycles. The second-order valence-electron chi connectivity index (χ2n) is 7.70. The van der Waals surface area contributed by atoms with Gasteiger partial charge in [0.05, 0.1) is 5.92 Å². The van der Waals surface area contributed by atoms with Crippen LogP contribution in [-0.4, -0.2) is 34.3 Å². The summed E-state index contributed by atoms with van der Waals surface area (Å²) in [5.74, 6) is -1.94. The molecular weight excluding hydrogens is 336 g/mol. The number of halogens is 1. The van der Waals surface area contributed by atoms with Crippen molar-refractivity contribution in [3.8, 4) is 0 Å². The number of rotatable bonds is 8. The Kier molecular flexibility index (Phi) is 6.32. The number of hydrogen-bond donors (Lipinski definition) is 4. The summed E-state index contributed by atoms with van der Waals surface area (Å²) >= 11 is 0. The number of carboxylic acid groups (broad SMARTS) is 1. The van der Waals surface area contributed by atoms with E-state index in [2.05, 4.69) is 5.32 Å². The quantitative estimate of drug-likeness (QED) is 0.533. The van der Waals surface area contributed by atoms with Crippen LogP contribution in [-0.2, 0) is 17.8 Å². The first kappa shape index (κ1) is 19.3. The van der Waals surface area contributed by atoms with Crippen molar-refractivity contribution in [1.29, 1.82) is 0 Å². The molecule has 7 heteroatoms. The van der Waals surface area contributed by atoms with E-state index in [1.165, 1.54) is 18.9 Å². The van der Waals surface area contributed by atoms with Crippen LogP contribution in [0, 0.1) is 11.7 Å². The van der Waals surface area contributed by atoms with Crippen LogP contribution in [0.15, 0.2) is 12.1 Å². The number of carbonyl (C=O) groups is 1.